The first-order valence-electron chi connectivity index (χ1n) is 3.50. The van der Waals surface area contributed by atoms with Gasteiger partial charge in [0.1, 0.15) is 17.5 Å². The topological polar surface area (TPSA) is 97.6 Å². The summed E-state index contributed by atoms with van der Waals surface area (Å²) in [4.78, 5) is 23.6. The van der Waals surface area contributed by atoms with Gasteiger partial charge in [0.25, 0.3) is 5.65 Å². The van der Waals surface area contributed by atoms with Crippen LogP contribution in [0.15, 0.2) is 6.20 Å². The Hall–Kier alpha value is -2.05. The first-order valence-corrected chi connectivity index (χ1v) is 3.50. The highest BCUT2D eigenvalue weighted by Gasteiger charge is 2.13. The van der Waals surface area contributed by atoms with E-state index in [1.807, 2.05) is 0 Å². The normalized spacial score (nSPS) is 10.5. The zero-order valence-corrected chi connectivity index (χ0v) is 6.68. The molecule has 2 heterocycles. The van der Waals surface area contributed by atoms with Crippen LogP contribution in [-0.4, -0.2) is 24.9 Å². The fourth-order valence-corrected chi connectivity index (χ4v) is 1.01. The standard InChI is InChI=1S/C6H5N5O2/c1-3-8-4-2-7-6(11(12)13)10-5(4)9-3/h2H,1H3,(H,7,8,9,10). The molecule has 0 fully saturated rings. The van der Waals surface area contributed by atoms with Crippen LogP contribution in [0.1, 0.15) is 5.82 Å². The van der Waals surface area contributed by atoms with Gasteiger partial charge >= 0.3 is 5.95 Å². The molecule has 0 radical (unpaired) electrons. The van der Waals surface area contributed by atoms with Gasteiger partial charge in [0.2, 0.25) is 0 Å². The van der Waals surface area contributed by atoms with Gasteiger partial charge in [-0.15, -0.1) is 0 Å². The van der Waals surface area contributed by atoms with Crippen LogP contribution < -0.4 is 0 Å². The number of H-pyrrole nitrogens is 1. The number of nitro groups is 1. The third kappa shape index (κ3) is 1.19. The average molecular weight is 179 g/mol. The van der Waals surface area contributed by atoms with Gasteiger partial charge < -0.3 is 15.1 Å². The maximum atomic E-state index is 10.3. The van der Waals surface area contributed by atoms with Crippen LogP contribution in [-0.2, 0) is 0 Å². The lowest BCUT2D eigenvalue weighted by molar-refractivity contribution is -0.394. The number of imidazole rings is 1. The van der Waals surface area contributed by atoms with Crippen molar-refractivity contribution in [3.63, 3.8) is 0 Å². The highest BCUT2D eigenvalue weighted by molar-refractivity contribution is 5.69. The van der Waals surface area contributed by atoms with Crippen molar-refractivity contribution in [1.82, 2.24) is 19.9 Å². The molecule has 2 rings (SSSR count). The molecule has 0 aliphatic rings. The molecule has 7 nitrogen and oxygen atoms in total. The molecule has 0 saturated carbocycles. The van der Waals surface area contributed by atoms with E-state index in [2.05, 4.69) is 19.9 Å². The fourth-order valence-electron chi connectivity index (χ4n) is 1.01. The van der Waals surface area contributed by atoms with E-state index >= 15 is 0 Å². The van der Waals surface area contributed by atoms with Crippen molar-refractivity contribution in [2.45, 2.75) is 6.92 Å². The second kappa shape index (κ2) is 2.47. The summed E-state index contributed by atoms with van der Waals surface area (Å²) in [7, 11) is 0. The number of nitrogens with one attached hydrogen (secondary N) is 1. The lowest BCUT2D eigenvalue weighted by Gasteiger charge is -1.88. The first kappa shape index (κ1) is 7.59. The number of aryl methyl sites for hydroxylation is 1. The second-order valence-corrected chi connectivity index (χ2v) is 2.49. The largest absolute Gasteiger partial charge is 0.470 e. The van der Waals surface area contributed by atoms with E-state index in [0.29, 0.717) is 17.0 Å². The smallest absolute Gasteiger partial charge is 0.390 e. The van der Waals surface area contributed by atoms with E-state index in [1.165, 1.54) is 6.20 Å². The van der Waals surface area contributed by atoms with Crippen LogP contribution >= 0.6 is 0 Å². The predicted octanol–water partition coefficient (Wildman–Crippen LogP) is 0.570. The molecule has 7 heteroatoms. The van der Waals surface area contributed by atoms with Crippen molar-refractivity contribution < 1.29 is 4.92 Å². The summed E-state index contributed by atoms with van der Waals surface area (Å²) >= 11 is 0. The van der Waals surface area contributed by atoms with E-state index in [-0.39, 0.29) is 0 Å². The number of hydrogen-bond donors (Lipinski definition) is 1. The van der Waals surface area contributed by atoms with Gasteiger partial charge in [-0.3, -0.25) is 0 Å². The first-order chi connectivity index (χ1) is 6.16. The van der Waals surface area contributed by atoms with Crippen LogP contribution in [0.5, 0.6) is 0 Å². The molecule has 0 amide bonds. The Morgan fingerprint density at radius 1 is 1.54 bits per heavy atom. The van der Waals surface area contributed by atoms with E-state index < -0.39 is 10.9 Å². The Morgan fingerprint density at radius 3 is 3.00 bits per heavy atom. The van der Waals surface area contributed by atoms with Crippen molar-refractivity contribution in [3.8, 4) is 0 Å². The molecule has 0 bridgehead atoms. The average Bonchev–Trinajstić information content (AvgIpc) is 2.42. The van der Waals surface area contributed by atoms with Crippen LogP contribution in [0.2, 0.25) is 0 Å². The van der Waals surface area contributed by atoms with Crippen LogP contribution in [0.3, 0.4) is 0 Å². The van der Waals surface area contributed by atoms with Crippen molar-refractivity contribution >= 4 is 17.1 Å². The Morgan fingerprint density at radius 2 is 2.31 bits per heavy atom. The summed E-state index contributed by atoms with van der Waals surface area (Å²) in [5.74, 6) is 0.226. The van der Waals surface area contributed by atoms with Crippen molar-refractivity contribution in [2.24, 2.45) is 0 Å². The number of hydrogen-bond acceptors (Lipinski definition) is 5. The van der Waals surface area contributed by atoms with Gasteiger partial charge in [0.05, 0.1) is 0 Å². The van der Waals surface area contributed by atoms with E-state index in [0.717, 1.165) is 0 Å². The summed E-state index contributed by atoms with van der Waals surface area (Å²) in [5.41, 5.74) is 0.919. The van der Waals surface area contributed by atoms with E-state index in [9.17, 15) is 10.1 Å². The van der Waals surface area contributed by atoms with Crippen molar-refractivity contribution in [1.29, 1.82) is 0 Å². The molecule has 0 unspecified atom stereocenters. The molecule has 0 spiro atoms. The minimum Gasteiger partial charge on any atom is -0.390 e. The van der Waals surface area contributed by atoms with Gasteiger partial charge in [-0.05, 0) is 16.8 Å². The van der Waals surface area contributed by atoms with E-state index in [4.69, 9.17) is 0 Å². The van der Waals surface area contributed by atoms with Gasteiger partial charge in [-0.25, -0.2) is 0 Å². The molecule has 0 aliphatic carbocycles. The Labute approximate surface area is 72.0 Å². The fraction of sp³-hybridized carbons (Fsp3) is 0.167. The number of aromatic amines is 1. The lowest BCUT2D eigenvalue weighted by Crippen LogP contribution is -1.95. The zero-order valence-electron chi connectivity index (χ0n) is 6.68. The maximum absolute atomic E-state index is 10.3. The van der Waals surface area contributed by atoms with E-state index in [1.54, 1.807) is 6.92 Å². The third-order valence-corrected chi connectivity index (χ3v) is 1.51. The SMILES string of the molecule is Cc1nc2nc([N+](=O)[O-])ncc2[nH]1. The minimum atomic E-state index is -0.649. The Kier molecular flexibility index (Phi) is 1.44. The van der Waals surface area contributed by atoms with Crippen LogP contribution in [0, 0.1) is 17.0 Å². The van der Waals surface area contributed by atoms with Gasteiger partial charge in [0, 0.05) is 0 Å². The highest BCUT2D eigenvalue weighted by atomic mass is 16.6. The number of rotatable bonds is 1. The molecule has 0 saturated heterocycles. The van der Waals surface area contributed by atoms with Crippen molar-refractivity contribution in [3.05, 3.63) is 22.1 Å². The van der Waals surface area contributed by atoms with Crippen LogP contribution in [0.4, 0.5) is 5.95 Å². The second-order valence-electron chi connectivity index (χ2n) is 2.49. The van der Waals surface area contributed by atoms with Gasteiger partial charge in [0.15, 0.2) is 0 Å². The van der Waals surface area contributed by atoms with Gasteiger partial charge in [-0.1, -0.05) is 4.98 Å². The lowest BCUT2D eigenvalue weighted by atomic mass is 10.6. The van der Waals surface area contributed by atoms with Crippen molar-refractivity contribution in [2.75, 3.05) is 0 Å². The molecule has 2 aromatic rings. The number of fused-ring (bicyclic) bond motifs is 1. The minimum absolute atomic E-state index is 0.319. The third-order valence-electron chi connectivity index (χ3n) is 1.51. The van der Waals surface area contributed by atoms with Crippen LogP contribution in [0.25, 0.3) is 11.2 Å². The zero-order chi connectivity index (χ0) is 9.42. The quantitative estimate of drug-likeness (QED) is 0.509. The summed E-state index contributed by atoms with van der Waals surface area (Å²) in [5, 5.41) is 10.3. The number of nitrogens with zero attached hydrogens (tertiary/aromatic N) is 4. The summed E-state index contributed by atoms with van der Waals surface area (Å²) in [6.07, 6.45) is 1.35. The molecule has 13 heavy (non-hydrogen) atoms. The Balaban J connectivity index is 2.67. The number of aromatic nitrogens is 4. The molecule has 0 atom stereocenters. The predicted molar refractivity (Wildman–Crippen MR) is 43.1 cm³/mol. The molecular weight excluding hydrogens is 174 g/mol. The summed E-state index contributed by atoms with van der Waals surface area (Å²) in [6.45, 7) is 1.74. The molecule has 0 aromatic carbocycles. The molecule has 1 N–H and O–H groups in total. The summed E-state index contributed by atoms with van der Waals surface area (Å²) in [6, 6.07) is 0. The summed E-state index contributed by atoms with van der Waals surface area (Å²) < 4.78 is 0. The Bertz CT molecular complexity index is 477. The molecule has 2 aromatic heterocycles. The monoisotopic (exact) mass is 179 g/mol. The van der Waals surface area contributed by atoms with Gasteiger partial charge in [-0.2, -0.15) is 4.98 Å². The maximum Gasteiger partial charge on any atom is 0.470 e. The molecule has 66 valence electrons. The molecule has 0 aliphatic heterocycles. The molecular formula is C6H5N5O2. The highest BCUT2D eigenvalue weighted by Crippen LogP contribution is 2.10.